The molecule has 0 saturated heterocycles. The summed E-state index contributed by atoms with van der Waals surface area (Å²) in [6.45, 7) is 0. The van der Waals surface area contributed by atoms with Gasteiger partial charge in [-0.3, -0.25) is 0 Å². The van der Waals surface area contributed by atoms with Crippen molar-refractivity contribution < 1.29 is 5.11 Å². The monoisotopic (exact) mass is 167 g/mol. The highest BCUT2D eigenvalue weighted by Crippen LogP contribution is 2.21. The summed E-state index contributed by atoms with van der Waals surface area (Å²) >= 11 is 0. The summed E-state index contributed by atoms with van der Waals surface area (Å²) in [7, 11) is 0. The molecule has 0 fully saturated rings. The number of hydrogen-bond donors (Lipinski definition) is 1. The lowest BCUT2D eigenvalue weighted by molar-refractivity contribution is 0.476. The zero-order valence-electron chi connectivity index (χ0n) is 6.91. The summed E-state index contributed by atoms with van der Waals surface area (Å²) in [5.41, 5.74) is 0.803. The number of rotatable bonds is 0. The van der Waals surface area contributed by atoms with E-state index in [4.69, 9.17) is 6.42 Å². The minimum Gasteiger partial charge on any atom is -0.508 e. The van der Waals surface area contributed by atoms with Crippen LogP contribution in [0.15, 0.2) is 30.3 Å². The maximum absolute atomic E-state index is 9.21. The van der Waals surface area contributed by atoms with Crippen LogP contribution < -0.4 is 0 Å². The minimum atomic E-state index is 0.210. The van der Waals surface area contributed by atoms with Gasteiger partial charge in [-0.05, 0) is 29.7 Å². The highest BCUT2D eigenvalue weighted by atomic mass is 16.3. The molecule has 0 atom stereocenters. The smallest absolute Gasteiger partial charge is 0.116 e. The standard InChI is InChI=1S/C12H7O/c1-2-9-4-3-5-10-8-11(13)6-7-12(9)10/h1,3-6,8,13H. The fourth-order valence-electron chi connectivity index (χ4n) is 1.32. The summed E-state index contributed by atoms with van der Waals surface area (Å²) in [5, 5.41) is 11.0. The molecule has 0 amide bonds. The average Bonchev–Trinajstić information content (AvgIpc) is 2.16. The van der Waals surface area contributed by atoms with Gasteiger partial charge in [0, 0.05) is 10.9 Å². The topological polar surface area (TPSA) is 20.2 Å². The van der Waals surface area contributed by atoms with Crippen molar-refractivity contribution in [3.05, 3.63) is 42.0 Å². The predicted octanol–water partition coefficient (Wildman–Crippen LogP) is 2.33. The molecule has 13 heavy (non-hydrogen) atoms. The van der Waals surface area contributed by atoms with Crippen molar-refractivity contribution in [2.24, 2.45) is 0 Å². The third kappa shape index (κ3) is 1.23. The first kappa shape index (κ1) is 7.70. The van der Waals surface area contributed by atoms with Crippen LogP contribution in [0.5, 0.6) is 5.75 Å². The Morgan fingerprint density at radius 3 is 3.00 bits per heavy atom. The first-order valence-electron chi connectivity index (χ1n) is 3.91. The van der Waals surface area contributed by atoms with E-state index in [1.807, 2.05) is 18.2 Å². The van der Waals surface area contributed by atoms with Crippen LogP contribution >= 0.6 is 0 Å². The summed E-state index contributed by atoms with van der Waals surface area (Å²) < 4.78 is 0. The molecule has 2 aromatic rings. The van der Waals surface area contributed by atoms with Gasteiger partial charge < -0.3 is 5.11 Å². The zero-order chi connectivity index (χ0) is 9.26. The maximum Gasteiger partial charge on any atom is 0.116 e. The fourth-order valence-corrected chi connectivity index (χ4v) is 1.32. The summed E-state index contributed by atoms with van der Waals surface area (Å²) in [6, 6.07) is 11.8. The molecule has 0 aliphatic rings. The molecule has 2 aromatic carbocycles. The zero-order valence-corrected chi connectivity index (χ0v) is 6.91. The largest absolute Gasteiger partial charge is 0.508 e. The lowest BCUT2D eigenvalue weighted by Gasteiger charge is -1.99. The molecule has 1 heteroatoms. The molecule has 1 N–H and O–H groups in total. The Bertz CT molecular complexity index is 492. The number of phenols is 1. The molecular weight excluding hydrogens is 160 g/mol. The van der Waals surface area contributed by atoms with E-state index in [0.717, 1.165) is 16.3 Å². The second kappa shape index (κ2) is 2.84. The molecule has 0 bridgehead atoms. The number of hydrogen-bond acceptors (Lipinski definition) is 1. The predicted molar refractivity (Wildman–Crippen MR) is 52.4 cm³/mol. The van der Waals surface area contributed by atoms with Crippen LogP contribution in [0.4, 0.5) is 0 Å². The summed E-state index contributed by atoms with van der Waals surface area (Å²) in [5.74, 6) is 2.79. The van der Waals surface area contributed by atoms with Crippen molar-refractivity contribution in [3.8, 4) is 18.1 Å². The Labute approximate surface area is 76.6 Å². The average molecular weight is 167 g/mol. The van der Waals surface area contributed by atoms with E-state index in [1.165, 1.54) is 6.07 Å². The molecule has 1 radical (unpaired) electrons. The van der Waals surface area contributed by atoms with Gasteiger partial charge in [-0.15, -0.1) is 6.42 Å². The van der Waals surface area contributed by atoms with Crippen LogP contribution in [0.3, 0.4) is 0 Å². The van der Waals surface area contributed by atoms with Crippen LogP contribution in [0.1, 0.15) is 5.56 Å². The molecule has 61 valence electrons. The molecule has 0 spiro atoms. The van der Waals surface area contributed by atoms with Gasteiger partial charge in [-0.25, -0.2) is 0 Å². The molecule has 0 aliphatic heterocycles. The molecule has 0 aromatic heterocycles. The van der Waals surface area contributed by atoms with Crippen molar-refractivity contribution >= 4 is 10.8 Å². The molecule has 0 aliphatic carbocycles. The van der Waals surface area contributed by atoms with Gasteiger partial charge in [-0.2, -0.15) is 0 Å². The van der Waals surface area contributed by atoms with Crippen LogP contribution in [-0.4, -0.2) is 5.11 Å². The van der Waals surface area contributed by atoms with E-state index in [1.54, 1.807) is 6.07 Å². The summed E-state index contributed by atoms with van der Waals surface area (Å²) in [4.78, 5) is 0. The molecule has 2 rings (SSSR count). The fraction of sp³-hybridized carbons (Fsp3) is 0. The molecule has 0 saturated carbocycles. The van der Waals surface area contributed by atoms with Gasteiger partial charge >= 0.3 is 0 Å². The maximum atomic E-state index is 9.21. The summed E-state index contributed by atoms with van der Waals surface area (Å²) in [6.07, 6.45) is 5.32. The van der Waals surface area contributed by atoms with Crippen molar-refractivity contribution in [2.75, 3.05) is 0 Å². The number of aromatic hydroxyl groups is 1. The number of fused-ring (bicyclic) bond motifs is 1. The van der Waals surface area contributed by atoms with Crippen LogP contribution in [-0.2, 0) is 0 Å². The third-order valence-electron chi connectivity index (χ3n) is 1.92. The van der Waals surface area contributed by atoms with E-state index >= 15 is 0 Å². The van der Waals surface area contributed by atoms with Crippen LogP contribution in [0, 0.1) is 18.4 Å². The number of benzene rings is 2. The van der Waals surface area contributed by atoms with Crippen LogP contribution in [0.25, 0.3) is 10.8 Å². The second-order valence-electron chi connectivity index (χ2n) is 2.77. The van der Waals surface area contributed by atoms with Crippen molar-refractivity contribution in [3.63, 3.8) is 0 Å². The molecule has 1 nitrogen and oxygen atoms in total. The minimum absolute atomic E-state index is 0.210. The molecule has 0 heterocycles. The Hall–Kier alpha value is -1.94. The Morgan fingerprint density at radius 1 is 1.38 bits per heavy atom. The SMILES string of the molecule is C#Cc1cccc2cc(O)c[c]c12. The van der Waals surface area contributed by atoms with Gasteiger partial charge in [0.2, 0.25) is 0 Å². The lowest BCUT2D eigenvalue weighted by atomic mass is 10.1. The van der Waals surface area contributed by atoms with Crippen molar-refractivity contribution in [2.45, 2.75) is 0 Å². The third-order valence-corrected chi connectivity index (χ3v) is 1.92. The number of phenolic OH excluding ortho intramolecular Hbond substituents is 1. The van der Waals surface area contributed by atoms with Crippen molar-refractivity contribution in [1.82, 2.24) is 0 Å². The van der Waals surface area contributed by atoms with Gasteiger partial charge in [0.15, 0.2) is 0 Å². The van der Waals surface area contributed by atoms with Gasteiger partial charge in [0.25, 0.3) is 0 Å². The Morgan fingerprint density at radius 2 is 2.23 bits per heavy atom. The van der Waals surface area contributed by atoms with E-state index < -0.39 is 0 Å². The molecule has 0 unspecified atom stereocenters. The van der Waals surface area contributed by atoms with Gasteiger partial charge in [-0.1, -0.05) is 18.1 Å². The van der Waals surface area contributed by atoms with Crippen molar-refractivity contribution in [1.29, 1.82) is 0 Å². The van der Waals surface area contributed by atoms with Gasteiger partial charge in [0.05, 0.1) is 0 Å². The van der Waals surface area contributed by atoms with E-state index in [-0.39, 0.29) is 5.75 Å². The second-order valence-corrected chi connectivity index (χ2v) is 2.77. The molecular formula is C12H7O. The Kier molecular flexibility index (Phi) is 1.68. The van der Waals surface area contributed by atoms with Crippen LogP contribution in [0.2, 0.25) is 0 Å². The Balaban J connectivity index is 2.87. The highest BCUT2D eigenvalue weighted by Gasteiger charge is 1.98. The van der Waals surface area contributed by atoms with E-state index in [0.29, 0.717) is 0 Å². The lowest BCUT2D eigenvalue weighted by Crippen LogP contribution is -1.78. The first-order chi connectivity index (χ1) is 6.31. The number of terminal acetylenes is 1. The van der Waals surface area contributed by atoms with Gasteiger partial charge in [0.1, 0.15) is 5.75 Å². The first-order valence-corrected chi connectivity index (χ1v) is 3.91. The quantitative estimate of drug-likeness (QED) is 0.597. The highest BCUT2D eigenvalue weighted by molar-refractivity contribution is 5.88. The van der Waals surface area contributed by atoms with E-state index in [2.05, 4.69) is 12.0 Å². The normalized spacial score (nSPS) is 9.77. The van der Waals surface area contributed by atoms with E-state index in [9.17, 15) is 5.11 Å².